The number of rotatable bonds is 6. The zero-order chi connectivity index (χ0) is 14.8. The van der Waals surface area contributed by atoms with Gasteiger partial charge in [-0.1, -0.05) is 19.1 Å². The molecule has 1 unspecified atom stereocenters. The number of nitrogens with two attached hydrogens (primary N) is 1. The third kappa shape index (κ3) is 3.10. The van der Waals surface area contributed by atoms with Crippen LogP contribution in [0.4, 0.5) is 5.69 Å². The lowest BCUT2D eigenvalue weighted by atomic mass is 9.94. The highest BCUT2D eigenvalue weighted by Gasteiger charge is 2.51. The maximum atomic E-state index is 12.3. The van der Waals surface area contributed by atoms with E-state index in [0.29, 0.717) is 12.2 Å². The number of carbonyl (C=O) groups excluding carboxylic acids is 1. The molecule has 0 saturated heterocycles. The normalized spacial score (nSPS) is 17.2. The first-order chi connectivity index (χ1) is 9.44. The van der Waals surface area contributed by atoms with E-state index in [2.05, 4.69) is 5.32 Å². The summed E-state index contributed by atoms with van der Waals surface area (Å²) in [7, 11) is 0. The van der Waals surface area contributed by atoms with Gasteiger partial charge in [-0.15, -0.1) is 0 Å². The lowest BCUT2D eigenvalue weighted by Gasteiger charge is -2.17. The molecule has 1 aromatic carbocycles. The van der Waals surface area contributed by atoms with Gasteiger partial charge in [0, 0.05) is 18.7 Å². The number of carbonyl (C=O) groups is 2. The van der Waals surface area contributed by atoms with Gasteiger partial charge in [0.05, 0.1) is 5.41 Å². The van der Waals surface area contributed by atoms with Crippen molar-refractivity contribution < 1.29 is 14.7 Å². The molecule has 20 heavy (non-hydrogen) atoms. The number of anilines is 1. The number of nitrogen functional groups attached to an aromatic ring is 1. The Kier molecular flexibility index (Phi) is 3.97. The van der Waals surface area contributed by atoms with Crippen LogP contribution in [-0.2, 0) is 15.0 Å². The first-order valence-electron chi connectivity index (χ1n) is 6.80. The Hall–Kier alpha value is -2.04. The average Bonchev–Trinajstić information content (AvgIpc) is 3.17. The molecule has 0 bridgehead atoms. The van der Waals surface area contributed by atoms with Crippen molar-refractivity contribution in [3.05, 3.63) is 29.8 Å². The van der Waals surface area contributed by atoms with Crippen molar-refractivity contribution in [1.29, 1.82) is 0 Å². The number of hydrogen-bond donors (Lipinski definition) is 3. The molecule has 1 amide bonds. The zero-order valence-corrected chi connectivity index (χ0v) is 11.6. The minimum atomic E-state index is -0.841. The SMILES string of the molecule is CC(CNC(=O)C1(c2ccc(N)cc2)CC1)CC(=O)O. The van der Waals surface area contributed by atoms with Crippen molar-refractivity contribution >= 4 is 17.6 Å². The molecular formula is C15H20N2O3. The molecule has 0 aromatic heterocycles. The van der Waals surface area contributed by atoms with Crippen LogP contribution in [0.25, 0.3) is 0 Å². The van der Waals surface area contributed by atoms with Gasteiger partial charge in [-0.25, -0.2) is 0 Å². The molecule has 1 saturated carbocycles. The van der Waals surface area contributed by atoms with Crippen LogP contribution < -0.4 is 11.1 Å². The Morgan fingerprint density at radius 1 is 1.35 bits per heavy atom. The zero-order valence-electron chi connectivity index (χ0n) is 11.6. The molecule has 1 aromatic rings. The van der Waals surface area contributed by atoms with Crippen LogP contribution in [-0.4, -0.2) is 23.5 Å². The first-order valence-corrected chi connectivity index (χ1v) is 6.80. The molecule has 5 heteroatoms. The number of amides is 1. The van der Waals surface area contributed by atoms with Gasteiger partial charge in [-0.3, -0.25) is 9.59 Å². The topological polar surface area (TPSA) is 92.4 Å². The summed E-state index contributed by atoms with van der Waals surface area (Å²) in [5.74, 6) is -0.926. The third-order valence-corrected chi connectivity index (χ3v) is 3.78. The van der Waals surface area contributed by atoms with Crippen molar-refractivity contribution in [3.63, 3.8) is 0 Å². The highest BCUT2D eigenvalue weighted by atomic mass is 16.4. The summed E-state index contributed by atoms with van der Waals surface area (Å²) in [4.78, 5) is 22.9. The molecule has 0 heterocycles. The Morgan fingerprint density at radius 3 is 2.45 bits per heavy atom. The van der Waals surface area contributed by atoms with E-state index < -0.39 is 11.4 Å². The second-order valence-electron chi connectivity index (χ2n) is 5.62. The quantitative estimate of drug-likeness (QED) is 0.687. The lowest BCUT2D eigenvalue weighted by molar-refractivity contribution is -0.138. The van der Waals surface area contributed by atoms with Gasteiger partial charge in [-0.05, 0) is 36.5 Å². The van der Waals surface area contributed by atoms with E-state index >= 15 is 0 Å². The lowest BCUT2D eigenvalue weighted by Crippen LogP contribution is -2.37. The fraction of sp³-hybridized carbons (Fsp3) is 0.467. The van der Waals surface area contributed by atoms with Gasteiger partial charge in [0.15, 0.2) is 0 Å². The molecule has 4 N–H and O–H groups in total. The van der Waals surface area contributed by atoms with Crippen molar-refractivity contribution in [2.24, 2.45) is 5.92 Å². The van der Waals surface area contributed by atoms with Crippen molar-refractivity contribution in [3.8, 4) is 0 Å². The summed E-state index contributed by atoms with van der Waals surface area (Å²) >= 11 is 0. The van der Waals surface area contributed by atoms with Crippen LogP contribution >= 0.6 is 0 Å². The summed E-state index contributed by atoms with van der Waals surface area (Å²) in [5, 5.41) is 11.6. The summed E-state index contributed by atoms with van der Waals surface area (Å²) in [6.07, 6.45) is 1.72. The number of carboxylic acids is 1. The Morgan fingerprint density at radius 2 is 1.95 bits per heavy atom. The van der Waals surface area contributed by atoms with Crippen LogP contribution in [0.5, 0.6) is 0 Å². The van der Waals surface area contributed by atoms with Crippen LogP contribution in [0.2, 0.25) is 0 Å². The molecule has 1 aliphatic carbocycles. The predicted octanol–water partition coefficient (Wildman–Crippen LogP) is 1.53. The fourth-order valence-corrected chi connectivity index (χ4v) is 2.38. The molecular weight excluding hydrogens is 256 g/mol. The van der Waals surface area contributed by atoms with Crippen molar-refractivity contribution in [2.45, 2.75) is 31.6 Å². The van der Waals surface area contributed by atoms with Gasteiger partial charge >= 0.3 is 5.97 Å². The molecule has 0 spiro atoms. The minimum absolute atomic E-state index is 0.0143. The van der Waals surface area contributed by atoms with E-state index in [-0.39, 0.29) is 18.2 Å². The van der Waals surface area contributed by atoms with E-state index in [0.717, 1.165) is 18.4 Å². The number of hydrogen-bond acceptors (Lipinski definition) is 3. The van der Waals surface area contributed by atoms with Crippen LogP contribution in [0.3, 0.4) is 0 Å². The van der Waals surface area contributed by atoms with Gasteiger partial charge in [0.25, 0.3) is 0 Å². The number of carboxylic acid groups (broad SMARTS) is 1. The summed E-state index contributed by atoms with van der Waals surface area (Å²) < 4.78 is 0. The predicted molar refractivity (Wildman–Crippen MR) is 76.2 cm³/mol. The fourth-order valence-electron chi connectivity index (χ4n) is 2.38. The highest BCUT2D eigenvalue weighted by Crippen LogP contribution is 2.48. The number of aliphatic carboxylic acids is 1. The van der Waals surface area contributed by atoms with Gasteiger partial charge in [0.2, 0.25) is 5.91 Å². The molecule has 2 rings (SSSR count). The maximum absolute atomic E-state index is 12.3. The second kappa shape index (κ2) is 5.53. The molecule has 5 nitrogen and oxygen atoms in total. The maximum Gasteiger partial charge on any atom is 0.303 e. The van der Waals surface area contributed by atoms with E-state index in [1.807, 2.05) is 19.1 Å². The van der Waals surface area contributed by atoms with Crippen LogP contribution in [0, 0.1) is 5.92 Å². The Labute approximate surface area is 118 Å². The van der Waals surface area contributed by atoms with E-state index in [1.165, 1.54) is 0 Å². The van der Waals surface area contributed by atoms with Crippen LogP contribution in [0.1, 0.15) is 31.7 Å². The summed E-state index contributed by atoms with van der Waals surface area (Å²) in [6.45, 7) is 2.21. The molecule has 1 aliphatic rings. The third-order valence-electron chi connectivity index (χ3n) is 3.78. The largest absolute Gasteiger partial charge is 0.481 e. The Bertz CT molecular complexity index is 506. The molecule has 0 aliphatic heterocycles. The van der Waals surface area contributed by atoms with Gasteiger partial charge in [-0.2, -0.15) is 0 Å². The first kappa shape index (κ1) is 14.4. The smallest absolute Gasteiger partial charge is 0.303 e. The monoisotopic (exact) mass is 276 g/mol. The van der Waals surface area contributed by atoms with Crippen molar-refractivity contribution in [1.82, 2.24) is 5.32 Å². The van der Waals surface area contributed by atoms with Crippen LogP contribution in [0.15, 0.2) is 24.3 Å². The van der Waals surface area contributed by atoms with Gasteiger partial charge < -0.3 is 16.2 Å². The highest BCUT2D eigenvalue weighted by molar-refractivity contribution is 5.91. The second-order valence-corrected chi connectivity index (χ2v) is 5.62. The van der Waals surface area contributed by atoms with E-state index in [4.69, 9.17) is 10.8 Å². The standard InChI is InChI=1S/C15H20N2O3/c1-10(8-13(18)19)9-17-14(20)15(6-7-15)11-2-4-12(16)5-3-11/h2-5,10H,6-9,16H2,1H3,(H,17,20)(H,18,19). The Balaban J connectivity index is 1.95. The average molecular weight is 276 g/mol. The molecule has 1 atom stereocenters. The minimum Gasteiger partial charge on any atom is -0.481 e. The summed E-state index contributed by atoms with van der Waals surface area (Å²) in [6, 6.07) is 7.39. The number of nitrogens with one attached hydrogen (secondary N) is 1. The molecule has 0 radical (unpaired) electrons. The van der Waals surface area contributed by atoms with E-state index in [9.17, 15) is 9.59 Å². The van der Waals surface area contributed by atoms with Crippen molar-refractivity contribution in [2.75, 3.05) is 12.3 Å². The summed E-state index contributed by atoms with van der Waals surface area (Å²) in [5.41, 5.74) is 6.88. The number of benzene rings is 1. The van der Waals surface area contributed by atoms with Gasteiger partial charge in [0.1, 0.15) is 0 Å². The molecule has 1 fully saturated rings. The van der Waals surface area contributed by atoms with E-state index in [1.54, 1.807) is 12.1 Å². The molecule has 108 valence electrons.